The Kier molecular flexibility index (Phi) is 5.52. The van der Waals surface area contributed by atoms with Crippen molar-refractivity contribution >= 4 is 23.0 Å². The number of carbonyl (C=O) groups is 2. The van der Waals surface area contributed by atoms with Gasteiger partial charge in [0.05, 0.1) is 5.52 Å². The van der Waals surface area contributed by atoms with Gasteiger partial charge in [0.1, 0.15) is 0 Å². The third-order valence-corrected chi connectivity index (χ3v) is 4.20. The van der Waals surface area contributed by atoms with Crippen LogP contribution in [0.4, 0.5) is 5.69 Å². The van der Waals surface area contributed by atoms with Crippen molar-refractivity contribution in [2.75, 3.05) is 32.5 Å². The summed E-state index contributed by atoms with van der Waals surface area (Å²) in [6, 6.07) is 12.9. The van der Waals surface area contributed by atoms with E-state index in [9.17, 15) is 9.59 Å². The van der Waals surface area contributed by atoms with Crippen LogP contribution in [0.5, 0.6) is 0 Å². The van der Waals surface area contributed by atoms with Crippen LogP contribution in [0.15, 0.2) is 48.7 Å². The van der Waals surface area contributed by atoms with Crippen LogP contribution >= 0.6 is 0 Å². The second-order valence-electron chi connectivity index (χ2n) is 6.57. The summed E-state index contributed by atoms with van der Waals surface area (Å²) >= 11 is 0. The molecule has 0 saturated carbocycles. The van der Waals surface area contributed by atoms with Gasteiger partial charge >= 0.3 is 0 Å². The molecule has 0 atom stereocenters. The van der Waals surface area contributed by atoms with Crippen molar-refractivity contribution in [1.29, 1.82) is 0 Å². The molecule has 2 N–H and O–H groups in total. The van der Waals surface area contributed by atoms with Gasteiger partial charge in [0.2, 0.25) is 5.82 Å². The first-order chi connectivity index (χ1) is 13.0. The first-order valence-electron chi connectivity index (χ1n) is 8.74. The Balaban J connectivity index is 1.89. The average molecular weight is 365 g/mol. The van der Waals surface area contributed by atoms with Crippen LogP contribution in [0.3, 0.4) is 0 Å². The first-order valence-corrected chi connectivity index (χ1v) is 8.74. The van der Waals surface area contributed by atoms with E-state index in [1.54, 1.807) is 22.7 Å². The predicted molar refractivity (Wildman–Crippen MR) is 105 cm³/mol. The largest absolute Gasteiger partial charge is 0.348 e. The second-order valence-corrected chi connectivity index (χ2v) is 6.57. The Bertz CT molecular complexity index is 977. The normalized spacial score (nSPS) is 11.0. The average Bonchev–Trinajstić information content (AvgIpc) is 3.03. The van der Waals surface area contributed by atoms with Crippen molar-refractivity contribution in [3.05, 3.63) is 65.7 Å². The number of nitrogens with one attached hydrogen (secondary N) is 2. The number of benzene rings is 1. The standard InChI is InChI=1S/C20H23N5O2/c1-14-8-4-5-9-15(14)22-19(26)17-16-10-6-7-12-25(16)18(23-17)20(27)21-11-13-24(2)3/h4-10,12H,11,13H2,1-3H3,(H,21,27)(H,22,26). The molecule has 0 spiro atoms. The van der Waals surface area contributed by atoms with E-state index in [-0.39, 0.29) is 23.3 Å². The second kappa shape index (κ2) is 8.01. The van der Waals surface area contributed by atoms with E-state index in [4.69, 9.17) is 0 Å². The first kappa shape index (κ1) is 18.6. The summed E-state index contributed by atoms with van der Waals surface area (Å²) in [5.74, 6) is -0.465. The van der Waals surface area contributed by atoms with Crippen LogP contribution in [-0.4, -0.2) is 53.3 Å². The van der Waals surface area contributed by atoms with E-state index < -0.39 is 0 Å². The van der Waals surface area contributed by atoms with Gasteiger partial charge in [-0.2, -0.15) is 0 Å². The lowest BCUT2D eigenvalue weighted by Gasteiger charge is -2.09. The number of anilines is 1. The van der Waals surface area contributed by atoms with E-state index in [2.05, 4.69) is 15.6 Å². The molecule has 2 amide bonds. The molecule has 3 aromatic rings. The molecule has 7 nitrogen and oxygen atoms in total. The lowest BCUT2D eigenvalue weighted by molar-refractivity contribution is 0.0940. The molecule has 0 aliphatic heterocycles. The summed E-state index contributed by atoms with van der Waals surface area (Å²) in [4.78, 5) is 31.7. The Hall–Kier alpha value is -3.19. The fourth-order valence-electron chi connectivity index (χ4n) is 2.73. The molecule has 0 aliphatic rings. The summed E-state index contributed by atoms with van der Waals surface area (Å²) in [5, 5.41) is 5.71. The van der Waals surface area contributed by atoms with Gasteiger partial charge in [-0.25, -0.2) is 4.98 Å². The fraction of sp³-hybridized carbons (Fsp3) is 0.250. The number of amides is 2. The number of imidazole rings is 1. The zero-order valence-electron chi connectivity index (χ0n) is 15.7. The number of likely N-dealkylation sites (N-methyl/N-ethyl adjacent to an activating group) is 1. The highest BCUT2D eigenvalue weighted by molar-refractivity contribution is 6.09. The molecule has 2 aromatic heterocycles. The molecule has 0 unspecified atom stereocenters. The topological polar surface area (TPSA) is 78.7 Å². The third-order valence-electron chi connectivity index (χ3n) is 4.20. The lowest BCUT2D eigenvalue weighted by Crippen LogP contribution is -2.32. The fourth-order valence-corrected chi connectivity index (χ4v) is 2.73. The Morgan fingerprint density at radius 3 is 2.56 bits per heavy atom. The lowest BCUT2D eigenvalue weighted by atomic mass is 10.2. The zero-order chi connectivity index (χ0) is 19.4. The van der Waals surface area contributed by atoms with Gasteiger partial charge in [-0.1, -0.05) is 24.3 Å². The van der Waals surface area contributed by atoms with Crippen LogP contribution in [0.1, 0.15) is 26.7 Å². The molecule has 3 rings (SSSR count). The number of aryl methyl sites for hydroxylation is 1. The van der Waals surface area contributed by atoms with Gasteiger partial charge in [0.25, 0.3) is 11.8 Å². The van der Waals surface area contributed by atoms with Gasteiger partial charge in [0.15, 0.2) is 5.69 Å². The molecule has 140 valence electrons. The van der Waals surface area contributed by atoms with Gasteiger partial charge in [0, 0.05) is 25.0 Å². The highest BCUT2D eigenvalue weighted by Gasteiger charge is 2.21. The highest BCUT2D eigenvalue weighted by Crippen LogP contribution is 2.18. The monoisotopic (exact) mass is 365 g/mol. The minimum Gasteiger partial charge on any atom is -0.348 e. The van der Waals surface area contributed by atoms with Gasteiger partial charge < -0.3 is 15.5 Å². The number of carbonyl (C=O) groups excluding carboxylic acids is 2. The molecule has 0 saturated heterocycles. The molecule has 0 bridgehead atoms. The van der Waals surface area contributed by atoms with Crippen molar-refractivity contribution in [3.8, 4) is 0 Å². The number of pyridine rings is 1. The van der Waals surface area contributed by atoms with Gasteiger partial charge in [-0.15, -0.1) is 0 Å². The van der Waals surface area contributed by atoms with Crippen molar-refractivity contribution < 1.29 is 9.59 Å². The van der Waals surface area contributed by atoms with E-state index in [1.807, 2.05) is 56.3 Å². The minimum absolute atomic E-state index is 0.194. The van der Waals surface area contributed by atoms with Crippen molar-refractivity contribution in [3.63, 3.8) is 0 Å². The predicted octanol–water partition coefficient (Wildman–Crippen LogP) is 2.19. The zero-order valence-corrected chi connectivity index (χ0v) is 15.7. The number of hydrogen-bond donors (Lipinski definition) is 2. The molecule has 2 heterocycles. The Labute approximate surface area is 158 Å². The van der Waals surface area contributed by atoms with Gasteiger partial charge in [-0.05, 0) is 44.8 Å². The summed E-state index contributed by atoms with van der Waals surface area (Å²) in [6.07, 6.45) is 1.73. The molecular weight excluding hydrogens is 342 g/mol. The van der Waals surface area contributed by atoms with E-state index in [0.717, 1.165) is 17.8 Å². The molecule has 0 radical (unpaired) electrons. The molecule has 0 fully saturated rings. The Morgan fingerprint density at radius 1 is 1.07 bits per heavy atom. The number of aromatic nitrogens is 2. The maximum Gasteiger partial charge on any atom is 0.287 e. The van der Waals surface area contributed by atoms with Crippen LogP contribution < -0.4 is 10.6 Å². The van der Waals surface area contributed by atoms with Crippen LogP contribution in [0, 0.1) is 6.92 Å². The summed E-state index contributed by atoms with van der Waals surface area (Å²) in [7, 11) is 3.87. The summed E-state index contributed by atoms with van der Waals surface area (Å²) in [5.41, 5.74) is 2.48. The number of rotatable bonds is 6. The van der Waals surface area contributed by atoms with Crippen molar-refractivity contribution in [1.82, 2.24) is 19.6 Å². The maximum atomic E-state index is 12.8. The van der Waals surface area contributed by atoms with Crippen molar-refractivity contribution in [2.24, 2.45) is 0 Å². The molecule has 7 heteroatoms. The van der Waals surface area contributed by atoms with Crippen LogP contribution in [0.2, 0.25) is 0 Å². The Morgan fingerprint density at radius 2 is 1.81 bits per heavy atom. The number of hydrogen-bond acceptors (Lipinski definition) is 4. The van der Waals surface area contributed by atoms with E-state index >= 15 is 0 Å². The number of fused-ring (bicyclic) bond motifs is 1. The van der Waals surface area contributed by atoms with Crippen LogP contribution in [-0.2, 0) is 0 Å². The highest BCUT2D eigenvalue weighted by atomic mass is 16.2. The van der Waals surface area contributed by atoms with Crippen LogP contribution in [0.25, 0.3) is 5.52 Å². The van der Waals surface area contributed by atoms with E-state index in [0.29, 0.717) is 12.1 Å². The van der Waals surface area contributed by atoms with Crippen molar-refractivity contribution in [2.45, 2.75) is 6.92 Å². The maximum absolute atomic E-state index is 12.8. The quantitative estimate of drug-likeness (QED) is 0.702. The number of para-hydroxylation sites is 1. The molecule has 1 aromatic carbocycles. The summed E-state index contributed by atoms with van der Waals surface area (Å²) < 4.78 is 1.64. The molecule has 27 heavy (non-hydrogen) atoms. The molecule has 0 aliphatic carbocycles. The number of nitrogens with zero attached hydrogens (tertiary/aromatic N) is 3. The molecular formula is C20H23N5O2. The van der Waals surface area contributed by atoms with E-state index in [1.165, 1.54) is 0 Å². The minimum atomic E-state index is -0.347. The third kappa shape index (κ3) is 4.15. The summed E-state index contributed by atoms with van der Waals surface area (Å²) in [6.45, 7) is 3.14. The van der Waals surface area contributed by atoms with Gasteiger partial charge in [-0.3, -0.25) is 14.0 Å². The SMILES string of the molecule is Cc1ccccc1NC(=O)c1nc(C(=O)NCCN(C)C)n2ccccc12. The smallest absolute Gasteiger partial charge is 0.287 e.